The molecule has 0 fully saturated rings. The third-order valence-corrected chi connectivity index (χ3v) is 7.11. The first-order valence-corrected chi connectivity index (χ1v) is 9.70. The molecular formula is C14H15BrN2O2S2. The van der Waals surface area contributed by atoms with Gasteiger partial charge in [-0.1, -0.05) is 0 Å². The predicted molar refractivity (Wildman–Crippen MR) is 88.9 cm³/mol. The Labute approximate surface area is 136 Å². The molecule has 1 heterocycles. The van der Waals surface area contributed by atoms with Crippen molar-refractivity contribution in [2.45, 2.75) is 30.7 Å². The Balaban J connectivity index is 1.78. The van der Waals surface area contributed by atoms with E-state index in [4.69, 9.17) is 5.73 Å². The number of hydrogen-bond donors (Lipinski definition) is 2. The summed E-state index contributed by atoms with van der Waals surface area (Å²) >= 11 is 4.96. The van der Waals surface area contributed by atoms with Gasteiger partial charge in [0, 0.05) is 26.5 Å². The summed E-state index contributed by atoms with van der Waals surface area (Å²) in [6.07, 6.45) is 3.44. The first-order valence-electron chi connectivity index (χ1n) is 6.61. The number of hydrogen-bond acceptors (Lipinski definition) is 4. The fourth-order valence-corrected chi connectivity index (χ4v) is 5.74. The van der Waals surface area contributed by atoms with Gasteiger partial charge in [0.1, 0.15) is 0 Å². The van der Waals surface area contributed by atoms with Gasteiger partial charge in [0.2, 0.25) is 10.0 Å². The number of nitrogens with two attached hydrogens (primary N) is 1. The minimum Gasteiger partial charge on any atom is -0.399 e. The van der Waals surface area contributed by atoms with Crippen molar-refractivity contribution in [1.29, 1.82) is 0 Å². The maximum absolute atomic E-state index is 12.4. The summed E-state index contributed by atoms with van der Waals surface area (Å²) in [6.45, 7) is 0.321. The third-order valence-electron chi connectivity index (χ3n) is 3.48. The van der Waals surface area contributed by atoms with Crippen LogP contribution in [-0.2, 0) is 29.4 Å². The van der Waals surface area contributed by atoms with Crippen LogP contribution in [-0.4, -0.2) is 8.42 Å². The highest BCUT2D eigenvalue weighted by atomic mass is 79.9. The molecule has 0 spiro atoms. The zero-order valence-corrected chi connectivity index (χ0v) is 14.4. The molecule has 0 amide bonds. The molecular weight excluding hydrogens is 372 g/mol. The molecule has 4 nitrogen and oxygen atoms in total. The van der Waals surface area contributed by atoms with Crippen LogP contribution in [0.25, 0.3) is 0 Å². The fourth-order valence-electron chi connectivity index (χ4n) is 2.45. The quantitative estimate of drug-likeness (QED) is 0.792. The smallest absolute Gasteiger partial charge is 0.242 e. The highest BCUT2D eigenvalue weighted by Gasteiger charge is 2.19. The summed E-state index contributed by atoms with van der Waals surface area (Å²) in [4.78, 5) is 2.63. The van der Waals surface area contributed by atoms with E-state index in [1.54, 1.807) is 23.5 Å². The molecule has 112 valence electrons. The molecule has 1 aliphatic carbocycles. The van der Waals surface area contributed by atoms with Gasteiger partial charge in [0.05, 0.1) is 4.90 Å². The average molecular weight is 387 g/mol. The second-order valence-corrected chi connectivity index (χ2v) is 8.84. The first-order chi connectivity index (χ1) is 9.95. The minimum atomic E-state index is -3.57. The number of nitrogens with one attached hydrogen (secondary N) is 1. The molecule has 2 aromatic rings. The van der Waals surface area contributed by atoms with Gasteiger partial charge in [-0.15, -0.1) is 11.3 Å². The van der Waals surface area contributed by atoms with Crippen LogP contribution in [0.2, 0.25) is 0 Å². The van der Waals surface area contributed by atoms with Crippen LogP contribution >= 0.6 is 27.3 Å². The second kappa shape index (κ2) is 5.72. The monoisotopic (exact) mass is 386 g/mol. The van der Waals surface area contributed by atoms with E-state index in [2.05, 4.69) is 26.7 Å². The lowest BCUT2D eigenvalue weighted by molar-refractivity contribution is 0.581. The van der Waals surface area contributed by atoms with Crippen LogP contribution in [0, 0.1) is 0 Å². The van der Waals surface area contributed by atoms with Crippen molar-refractivity contribution in [2.24, 2.45) is 0 Å². The number of fused-ring (bicyclic) bond motifs is 1. The van der Waals surface area contributed by atoms with E-state index in [0.29, 0.717) is 16.7 Å². The Bertz CT molecular complexity index is 763. The number of aryl methyl sites for hydroxylation is 2. The molecule has 1 aromatic heterocycles. The number of anilines is 1. The molecule has 21 heavy (non-hydrogen) atoms. The summed E-state index contributed by atoms with van der Waals surface area (Å²) in [6, 6.07) is 6.88. The average Bonchev–Trinajstić information content (AvgIpc) is 3.00. The molecule has 3 N–H and O–H groups in total. The summed E-state index contributed by atoms with van der Waals surface area (Å²) in [5.74, 6) is 0. The molecule has 0 atom stereocenters. The zero-order chi connectivity index (χ0) is 15.0. The van der Waals surface area contributed by atoms with Crippen LogP contribution < -0.4 is 10.5 Å². The standard InChI is InChI=1S/C14H15BrN2O2S2/c15-12-5-4-10(16)7-14(12)21(18,19)17-8-11-6-9-2-1-3-13(9)20-11/h4-7,17H,1-3,8,16H2. The minimum absolute atomic E-state index is 0.173. The lowest BCUT2D eigenvalue weighted by Gasteiger charge is -2.08. The van der Waals surface area contributed by atoms with Gasteiger partial charge in [-0.2, -0.15) is 0 Å². The van der Waals surface area contributed by atoms with E-state index in [-0.39, 0.29) is 4.90 Å². The van der Waals surface area contributed by atoms with Crippen LogP contribution in [0.3, 0.4) is 0 Å². The first kappa shape index (κ1) is 15.0. The highest BCUT2D eigenvalue weighted by molar-refractivity contribution is 9.10. The number of sulfonamides is 1. The Kier molecular flexibility index (Phi) is 4.09. The van der Waals surface area contributed by atoms with Crippen LogP contribution in [0.4, 0.5) is 5.69 Å². The molecule has 0 radical (unpaired) electrons. The normalized spacial score (nSPS) is 14.3. The summed E-state index contributed by atoms with van der Waals surface area (Å²) in [5.41, 5.74) is 7.47. The highest BCUT2D eigenvalue weighted by Crippen LogP contribution is 2.31. The molecule has 0 saturated carbocycles. The van der Waals surface area contributed by atoms with Crippen LogP contribution in [0.5, 0.6) is 0 Å². The van der Waals surface area contributed by atoms with E-state index in [0.717, 1.165) is 17.7 Å². The molecule has 0 bridgehead atoms. The van der Waals surface area contributed by atoms with Gasteiger partial charge in [-0.3, -0.25) is 0 Å². The van der Waals surface area contributed by atoms with Crippen molar-refractivity contribution >= 4 is 43.0 Å². The molecule has 0 aliphatic heterocycles. The molecule has 0 saturated heterocycles. The maximum Gasteiger partial charge on any atom is 0.242 e. The number of thiophene rings is 1. The van der Waals surface area contributed by atoms with Gasteiger partial charge in [0.15, 0.2) is 0 Å². The van der Waals surface area contributed by atoms with E-state index >= 15 is 0 Å². The molecule has 7 heteroatoms. The van der Waals surface area contributed by atoms with Gasteiger partial charge in [-0.25, -0.2) is 13.1 Å². The number of halogens is 1. The molecule has 0 unspecified atom stereocenters. The molecule has 1 aromatic carbocycles. The van der Waals surface area contributed by atoms with Crippen LogP contribution in [0.1, 0.15) is 21.7 Å². The second-order valence-electron chi connectivity index (χ2n) is 5.03. The van der Waals surface area contributed by atoms with Crippen molar-refractivity contribution in [3.63, 3.8) is 0 Å². The number of nitrogen functional groups attached to an aromatic ring is 1. The van der Waals surface area contributed by atoms with Crippen molar-refractivity contribution in [3.05, 3.63) is 44.1 Å². The van der Waals surface area contributed by atoms with E-state index in [9.17, 15) is 8.42 Å². The van der Waals surface area contributed by atoms with E-state index in [1.807, 2.05) is 0 Å². The van der Waals surface area contributed by atoms with Crippen molar-refractivity contribution < 1.29 is 8.42 Å². The third kappa shape index (κ3) is 3.15. The van der Waals surface area contributed by atoms with Crippen LogP contribution in [0.15, 0.2) is 33.6 Å². The Hall–Kier alpha value is -0.890. The predicted octanol–water partition coefficient (Wildman–Crippen LogP) is 3.06. The van der Waals surface area contributed by atoms with Crippen molar-refractivity contribution in [3.8, 4) is 0 Å². The molecule has 1 aliphatic rings. The lowest BCUT2D eigenvalue weighted by Crippen LogP contribution is -2.23. The number of benzene rings is 1. The zero-order valence-electron chi connectivity index (χ0n) is 11.2. The summed E-state index contributed by atoms with van der Waals surface area (Å²) in [7, 11) is -3.57. The summed E-state index contributed by atoms with van der Waals surface area (Å²) in [5, 5.41) is 0. The van der Waals surface area contributed by atoms with E-state index < -0.39 is 10.0 Å². The van der Waals surface area contributed by atoms with Gasteiger partial charge in [-0.05, 0) is 65.0 Å². The summed E-state index contributed by atoms with van der Waals surface area (Å²) < 4.78 is 27.9. The van der Waals surface area contributed by atoms with E-state index in [1.165, 1.54) is 22.9 Å². The fraction of sp³-hybridized carbons (Fsp3) is 0.286. The maximum atomic E-state index is 12.4. The largest absolute Gasteiger partial charge is 0.399 e. The van der Waals surface area contributed by atoms with Gasteiger partial charge >= 0.3 is 0 Å². The Morgan fingerprint density at radius 3 is 2.86 bits per heavy atom. The Morgan fingerprint density at radius 1 is 1.29 bits per heavy atom. The SMILES string of the molecule is Nc1ccc(Br)c(S(=O)(=O)NCc2cc3c(s2)CCC3)c1. The van der Waals surface area contributed by atoms with Gasteiger partial charge in [0.25, 0.3) is 0 Å². The molecule has 3 rings (SSSR count). The van der Waals surface area contributed by atoms with Crippen molar-refractivity contribution in [1.82, 2.24) is 4.72 Å². The van der Waals surface area contributed by atoms with Gasteiger partial charge < -0.3 is 5.73 Å². The van der Waals surface area contributed by atoms with Crippen molar-refractivity contribution in [2.75, 3.05) is 5.73 Å². The topological polar surface area (TPSA) is 72.2 Å². The Morgan fingerprint density at radius 2 is 2.10 bits per heavy atom. The number of rotatable bonds is 4. The lowest BCUT2D eigenvalue weighted by atomic mass is 10.2.